The number of ether oxygens (including phenoxy) is 1. The maximum Gasteiger partial charge on any atom is 0.339 e. The first-order valence-corrected chi connectivity index (χ1v) is 16.6. The van der Waals surface area contributed by atoms with Gasteiger partial charge in [0.05, 0.1) is 22.9 Å². The number of aromatic carboxylic acids is 1. The molecular formula is C38H42N2O9. The van der Waals surface area contributed by atoms with Crippen molar-refractivity contribution in [3.8, 4) is 5.75 Å². The largest absolute Gasteiger partial charge is 0.507 e. The predicted molar refractivity (Wildman–Crippen MR) is 178 cm³/mol. The third-order valence-electron chi connectivity index (χ3n) is 12.0. The second-order valence-electron chi connectivity index (χ2n) is 15.0. The van der Waals surface area contributed by atoms with Crippen LogP contribution in [0.2, 0.25) is 0 Å². The van der Waals surface area contributed by atoms with Crippen molar-refractivity contribution in [1.82, 2.24) is 0 Å². The van der Waals surface area contributed by atoms with E-state index in [1.54, 1.807) is 44.2 Å². The van der Waals surface area contributed by atoms with Crippen LogP contribution in [0.5, 0.6) is 5.75 Å². The van der Waals surface area contributed by atoms with E-state index >= 15 is 0 Å². The van der Waals surface area contributed by atoms with Gasteiger partial charge in [-0.2, -0.15) is 10.2 Å². The Morgan fingerprint density at radius 1 is 1.08 bits per heavy atom. The van der Waals surface area contributed by atoms with Gasteiger partial charge in [-0.3, -0.25) is 14.4 Å². The summed E-state index contributed by atoms with van der Waals surface area (Å²) in [7, 11) is 0. The van der Waals surface area contributed by atoms with Gasteiger partial charge in [-0.1, -0.05) is 49.8 Å². The second kappa shape index (κ2) is 12.1. The summed E-state index contributed by atoms with van der Waals surface area (Å²) in [6.07, 6.45) is 6.82. The fourth-order valence-corrected chi connectivity index (χ4v) is 9.20. The fraction of sp³-hybridized carbons (Fsp3) is 0.474. The third-order valence-corrected chi connectivity index (χ3v) is 12.0. The predicted octanol–water partition coefficient (Wildman–Crippen LogP) is 5.91. The lowest BCUT2D eigenvalue weighted by Gasteiger charge is -2.58. The average Bonchev–Trinajstić information content (AvgIpc) is 3.33. The molecule has 0 aromatic heterocycles. The van der Waals surface area contributed by atoms with Crippen LogP contribution >= 0.6 is 0 Å². The Morgan fingerprint density at radius 2 is 1.82 bits per heavy atom. The van der Waals surface area contributed by atoms with E-state index in [1.165, 1.54) is 18.2 Å². The standard InChI is InChI=1S/C38H42N2O9/c1-35(2,27-7-5-6-8-28(27)40-39-22-10-12-29(42)25(18-22)33(45)46)34(47)49-20-31(44)38(48)16-14-26-24-11-9-21-17-23(41)13-15-36(21,3)32(24)30(43)19-37(26,38)4/h5-10,12-13,15,18,24,26,30,32,42-43,48H,11,14,16-17,19-20H2,1-4H3,(H,45,46). The van der Waals surface area contributed by atoms with Crippen LogP contribution in [0, 0.1) is 28.6 Å². The molecule has 2 fully saturated rings. The van der Waals surface area contributed by atoms with Crippen LogP contribution in [0.1, 0.15) is 75.7 Å². The van der Waals surface area contributed by atoms with E-state index in [-0.39, 0.29) is 47.6 Å². The first-order valence-electron chi connectivity index (χ1n) is 16.6. The molecule has 2 aromatic rings. The summed E-state index contributed by atoms with van der Waals surface area (Å²) in [6, 6.07) is 10.5. The minimum Gasteiger partial charge on any atom is -0.507 e. The molecule has 0 aliphatic heterocycles. The number of nitrogens with zero attached hydrogens (tertiary/aromatic N) is 2. The zero-order valence-corrected chi connectivity index (χ0v) is 28.1. The van der Waals surface area contributed by atoms with Crippen LogP contribution in [-0.4, -0.2) is 62.2 Å². The molecule has 11 heteroatoms. The Hall–Kier alpha value is -4.48. The summed E-state index contributed by atoms with van der Waals surface area (Å²) in [5.74, 6) is -3.19. The summed E-state index contributed by atoms with van der Waals surface area (Å²) in [5.41, 5.74) is -2.88. The Labute approximate surface area is 284 Å². The van der Waals surface area contributed by atoms with Crippen molar-refractivity contribution in [2.75, 3.05) is 6.61 Å². The summed E-state index contributed by atoms with van der Waals surface area (Å²) in [6.45, 7) is 6.53. The number of aliphatic hydroxyl groups is 2. The first kappa shape index (κ1) is 34.4. The maximum atomic E-state index is 13.9. The molecule has 258 valence electrons. The van der Waals surface area contributed by atoms with E-state index < -0.39 is 58.0 Å². The van der Waals surface area contributed by atoms with Crippen LogP contribution in [0.3, 0.4) is 0 Å². The van der Waals surface area contributed by atoms with E-state index in [0.29, 0.717) is 30.5 Å². The Morgan fingerprint density at radius 3 is 2.55 bits per heavy atom. The molecule has 6 rings (SSSR count). The quantitative estimate of drug-likeness (QED) is 0.151. The van der Waals surface area contributed by atoms with Crippen LogP contribution in [0.15, 0.2) is 76.5 Å². The maximum absolute atomic E-state index is 13.9. The lowest BCUT2D eigenvalue weighted by molar-refractivity contribution is -0.180. The molecule has 0 bridgehead atoms. The smallest absolute Gasteiger partial charge is 0.339 e. The summed E-state index contributed by atoms with van der Waals surface area (Å²) < 4.78 is 5.60. The number of aliphatic hydroxyl groups excluding tert-OH is 1. The number of carboxylic acid groups (broad SMARTS) is 1. The van der Waals surface area contributed by atoms with Crippen molar-refractivity contribution in [3.63, 3.8) is 0 Å². The molecule has 2 saturated carbocycles. The molecule has 0 amide bonds. The number of phenols is 1. The van der Waals surface area contributed by atoms with Gasteiger partial charge in [0.1, 0.15) is 16.9 Å². The van der Waals surface area contributed by atoms with E-state index in [4.69, 9.17) is 4.74 Å². The average molecular weight is 671 g/mol. The molecule has 7 unspecified atom stereocenters. The number of esters is 1. The molecular weight excluding hydrogens is 628 g/mol. The zero-order chi connectivity index (χ0) is 35.5. The number of rotatable bonds is 8. The van der Waals surface area contributed by atoms with Crippen molar-refractivity contribution in [1.29, 1.82) is 0 Å². The van der Waals surface area contributed by atoms with Crippen molar-refractivity contribution < 1.29 is 44.3 Å². The van der Waals surface area contributed by atoms with E-state index in [2.05, 4.69) is 23.2 Å². The first-order chi connectivity index (χ1) is 23.0. The van der Waals surface area contributed by atoms with Crippen molar-refractivity contribution in [3.05, 3.63) is 77.4 Å². The Balaban J connectivity index is 1.17. The van der Waals surface area contributed by atoms with Gasteiger partial charge in [0.25, 0.3) is 0 Å². The SMILES string of the molecule is CC(C)(C(=O)OCC(=O)C1(O)CCC2C3CC=C4CC(=O)C=CC4(C)C3C(O)CC21C)c1ccccc1N=Nc1ccc(O)c(C(=O)O)c1. The molecule has 7 atom stereocenters. The lowest BCUT2D eigenvalue weighted by Crippen LogP contribution is -2.61. The molecule has 0 heterocycles. The highest BCUT2D eigenvalue weighted by Gasteiger charge is 2.68. The van der Waals surface area contributed by atoms with Crippen LogP contribution in [0.4, 0.5) is 11.4 Å². The number of hydrogen-bond donors (Lipinski definition) is 4. The van der Waals surface area contributed by atoms with Crippen LogP contribution < -0.4 is 0 Å². The molecule has 4 aliphatic rings. The van der Waals surface area contributed by atoms with Gasteiger partial charge < -0.3 is 25.2 Å². The normalized spacial score (nSPS) is 32.2. The molecule has 4 N–H and O–H groups in total. The number of Topliss-reactive ketones (excluding diaryl/α,β-unsaturated/α-hetero) is 1. The van der Waals surface area contributed by atoms with Crippen LogP contribution in [0.25, 0.3) is 0 Å². The molecule has 11 nitrogen and oxygen atoms in total. The van der Waals surface area contributed by atoms with Crippen LogP contribution in [-0.2, 0) is 24.5 Å². The number of carbonyl (C=O) groups is 4. The number of hydrogen-bond acceptors (Lipinski definition) is 10. The van der Waals surface area contributed by atoms with Gasteiger partial charge >= 0.3 is 11.9 Å². The molecule has 0 spiro atoms. The fourth-order valence-electron chi connectivity index (χ4n) is 9.20. The van der Waals surface area contributed by atoms with Gasteiger partial charge in [-0.05, 0) is 87.3 Å². The Kier molecular flexibility index (Phi) is 8.52. The number of carboxylic acids is 1. The zero-order valence-electron chi connectivity index (χ0n) is 28.1. The van der Waals surface area contributed by atoms with E-state index in [1.807, 2.05) is 13.0 Å². The number of azo groups is 1. The minimum absolute atomic E-state index is 0.00613. The van der Waals surface area contributed by atoms with E-state index in [0.717, 1.165) is 5.57 Å². The van der Waals surface area contributed by atoms with Crippen molar-refractivity contribution in [2.24, 2.45) is 38.8 Å². The molecule has 2 aromatic carbocycles. The monoisotopic (exact) mass is 670 g/mol. The van der Waals surface area contributed by atoms with Crippen molar-refractivity contribution in [2.45, 2.75) is 76.9 Å². The van der Waals surface area contributed by atoms with Gasteiger partial charge in [0.2, 0.25) is 5.78 Å². The molecule has 4 aliphatic carbocycles. The highest BCUT2D eigenvalue weighted by molar-refractivity contribution is 5.94. The highest BCUT2D eigenvalue weighted by atomic mass is 16.5. The number of benzene rings is 2. The van der Waals surface area contributed by atoms with Gasteiger partial charge in [-0.15, -0.1) is 0 Å². The third kappa shape index (κ3) is 5.53. The highest BCUT2D eigenvalue weighted by Crippen LogP contribution is 2.66. The number of carbonyl (C=O) groups excluding carboxylic acids is 3. The van der Waals surface area contributed by atoms with Gasteiger partial charge in [0.15, 0.2) is 12.4 Å². The Bertz CT molecular complexity index is 1830. The topological polar surface area (TPSA) is 183 Å². The summed E-state index contributed by atoms with van der Waals surface area (Å²) in [5, 5.41) is 51.1. The molecule has 0 saturated heterocycles. The lowest BCUT2D eigenvalue weighted by atomic mass is 9.47. The number of fused-ring (bicyclic) bond motifs is 5. The number of ketones is 2. The summed E-state index contributed by atoms with van der Waals surface area (Å²) in [4.78, 5) is 51.0. The second-order valence-corrected chi connectivity index (χ2v) is 15.0. The molecule has 49 heavy (non-hydrogen) atoms. The van der Waals surface area contributed by atoms with Gasteiger partial charge in [0, 0.05) is 23.2 Å². The van der Waals surface area contributed by atoms with Crippen molar-refractivity contribution >= 4 is 34.9 Å². The van der Waals surface area contributed by atoms with Gasteiger partial charge in [-0.25, -0.2) is 4.79 Å². The van der Waals surface area contributed by atoms with E-state index in [9.17, 15) is 39.6 Å². The minimum atomic E-state index is -1.80. The number of aromatic hydroxyl groups is 1. The number of allylic oxidation sites excluding steroid dienone is 4. The molecule has 0 radical (unpaired) electrons. The summed E-state index contributed by atoms with van der Waals surface area (Å²) >= 11 is 0.